The van der Waals surface area contributed by atoms with Crippen LogP contribution in [0.2, 0.25) is 0 Å². The van der Waals surface area contributed by atoms with Crippen LogP contribution >= 0.6 is 0 Å². The molecule has 0 unspecified atom stereocenters. The summed E-state index contributed by atoms with van der Waals surface area (Å²) in [6.45, 7) is 0. The molecule has 0 aromatic rings. The molecule has 5 heavy (non-hydrogen) atoms. The third-order valence-corrected chi connectivity index (χ3v) is 0. The molecule has 0 aromatic carbocycles. The SMILES string of the molecule is [Ni].[O-2].[O-2].[Sb].[Ti+4]. The maximum atomic E-state index is 0. The molecule has 0 rings (SSSR count). The fraction of sp³-hybridized carbons (Fsp3) is 0. The summed E-state index contributed by atoms with van der Waals surface area (Å²) in [5.74, 6) is 0. The van der Waals surface area contributed by atoms with Crippen molar-refractivity contribution in [2.75, 3.05) is 0 Å². The molecule has 3 radical (unpaired) electrons. The number of hydrogen-bond acceptors (Lipinski definition) is 0. The van der Waals surface area contributed by atoms with E-state index in [9.17, 15) is 0 Å². The van der Waals surface area contributed by atoms with Crippen LogP contribution in [0.5, 0.6) is 0 Å². The summed E-state index contributed by atoms with van der Waals surface area (Å²) in [6.07, 6.45) is 0. The van der Waals surface area contributed by atoms with E-state index in [4.69, 9.17) is 0 Å². The summed E-state index contributed by atoms with van der Waals surface area (Å²) in [5.41, 5.74) is 0. The molecule has 31 valence electrons. The minimum absolute atomic E-state index is 0. The van der Waals surface area contributed by atoms with Crippen molar-refractivity contribution >= 4 is 24.4 Å². The molecule has 0 fully saturated rings. The van der Waals surface area contributed by atoms with Crippen LogP contribution < -0.4 is 0 Å². The van der Waals surface area contributed by atoms with Crippen LogP contribution in [-0.2, 0) is 49.2 Å². The van der Waals surface area contributed by atoms with Gasteiger partial charge in [-0.15, -0.1) is 0 Å². The van der Waals surface area contributed by atoms with E-state index in [0.717, 1.165) is 0 Å². The third kappa shape index (κ3) is 24.4. The quantitative estimate of drug-likeness (QED) is 0.521. The molecule has 0 saturated heterocycles. The van der Waals surface area contributed by atoms with Crippen molar-refractivity contribution in [1.82, 2.24) is 0 Å². The Morgan fingerprint density at radius 1 is 0.800 bits per heavy atom. The molecule has 0 atom stereocenters. The second kappa shape index (κ2) is 38.4. The van der Waals surface area contributed by atoms with Gasteiger partial charge in [-0.25, -0.2) is 0 Å². The van der Waals surface area contributed by atoms with Gasteiger partial charge in [0.15, 0.2) is 0 Å². The van der Waals surface area contributed by atoms with E-state index < -0.39 is 0 Å². The van der Waals surface area contributed by atoms with Gasteiger partial charge in [0.2, 0.25) is 0 Å². The van der Waals surface area contributed by atoms with Crippen LogP contribution in [0.15, 0.2) is 0 Å². The van der Waals surface area contributed by atoms with Gasteiger partial charge in [0, 0.05) is 40.9 Å². The molecule has 2 nitrogen and oxygen atoms in total. The molecule has 0 aromatic heterocycles. The van der Waals surface area contributed by atoms with E-state index in [2.05, 4.69) is 0 Å². The summed E-state index contributed by atoms with van der Waals surface area (Å²) < 4.78 is 0. The zero-order valence-electron chi connectivity index (χ0n) is 2.08. The molecule has 0 aliphatic rings. The molecule has 0 aliphatic carbocycles. The molecule has 0 aliphatic heterocycles. The standard InChI is InChI=1S/Ni.2O.Sb.Ti/q;2*-2;;+4. The van der Waals surface area contributed by atoms with Crippen LogP contribution in [0.3, 0.4) is 0 Å². The zero-order valence-corrected chi connectivity index (χ0v) is 7.18. The van der Waals surface area contributed by atoms with E-state index in [1.165, 1.54) is 0 Å². The number of rotatable bonds is 0. The second-order valence-electron chi connectivity index (χ2n) is 0. The Morgan fingerprint density at radius 2 is 0.800 bits per heavy atom. The van der Waals surface area contributed by atoms with Crippen LogP contribution in [0, 0.1) is 0 Å². The Labute approximate surface area is 73.0 Å². The summed E-state index contributed by atoms with van der Waals surface area (Å²) in [4.78, 5) is 0. The Balaban J connectivity index is 0. The van der Waals surface area contributed by atoms with Crippen LogP contribution in [-0.4, -0.2) is 24.4 Å². The van der Waals surface area contributed by atoms with E-state index in [-0.39, 0.29) is 73.6 Å². The Morgan fingerprint density at radius 3 is 0.800 bits per heavy atom. The average Bonchev–Trinajstić information content (AvgIpc) is 0. The van der Waals surface area contributed by atoms with Crippen molar-refractivity contribution in [3.63, 3.8) is 0 Å². The minimum atomic E-state index is 0. The van der Waals surface area contributed by atoms with Crippen molar-refractivity contribution in [2.45, 2.75) is 0 Å². The van der Waals surface area contributed by atoms with E-state index >= 15 is 0 Å². The Kier molecular flexibility index (Phi) is 498. The van der Waals surface area contributed by atoms with E-state index in [0.29, 0.717) is 0 Å². The van der Waals surface area contributed by atoms with Gasteiger partial charge in [0.05, 0.1) is 0 Å². The first-order valence-electron chi connectivity index (χ1n) is 0. The van der Waals surface area contributed by atoms with Gasteiger partial charge in [-0.3, -0.25) is 0 Å². The molecule has 5 heteroatoms. The molecule has 0 heterocycles. The molecule has 0 amide bonds. The molecule has 0 bridgehead atoms. The minimum Gasteiger partial charge on any atom is -2.00 e. The van der Waals surface area contributed by atoms with E-state index in [1.54, 1.807) is 0 Å². The van der Waals surface area contributed by atoms with Crippen molar-refractivity contribution in [2.24, 2.45) is 0 Å². The van der Waals surface area contributed by atoms with Crippen molar-refractivity contribution in [1.29, 1.82) is 0 Å². The normalized spacial score (nSPS) is 0. The molecule has 0 N–H and O–H groups in total. The van der Waals surface area contributed by atoms with E-state index in [1.807, 2.05) is 0 Å². The van der Waals surface area contributed by atoms with Gasteiger partial charge in [0.1, 0.15) is 0 Å². The predicted octanol–water partition coefficient (Wildman–Crippen LogP) is -0.623. The molecular formula is NiO2SbTi. The van der Waals surface area contributed by atoms with Gasteiger partial charge in [0.25, 0.3) is 0 Å². The zero-order chi connectivity index (χ0) is 0. The van der Waals surface area contributed by atoms with Crippen LogP contribution in [0.25, 0.3) is 0 Å². The number of hydrogen-bond donors (Lipinski definition) is 0. The van der Waals surface area contributed by atoms with Crippen molar-refractivity contribution in [3.8, 4) is 0 Å². The Bertz CT molecular complexity index is 9.61. The van der Waals surface area contributed by atoms with Gasteiger partial charge in [-0.05, 0) is 0 Å². The molecular weight excluding hydrogens is 260 g/mol. The van der Waals surface area contributed by atoms with Gasteiger partial charge in [-0.2, -0.15) is 0 Å². The summed E-state index contributed by atoms with van der Waals surface area (Å²) >= 11 is 0. The largest absolute Gasteiger partial charge is 4.00 e. The predicted molar refractivity (Wildman–Crippen MR) is 7.13 cm³/mol. The summed E-state index contributed by atoms with van der Waals surface area (Å²) in [7, 11) is 0. The fourth-order valence-corrected chi connectivity index (χ4v) is 0. The van der Waals surface area contributed by atoms with Gasteiger partial charge < -0.3 is 11.0 Å². The first-order chi connectivity index (χ1) is 0. The maximum Gasteiger partial charge on any atom is 4.00 e. The summed E-state index contributed by atoms with van der Waals surface area (Å²) in [6, 6.07) is 0. The van der Waals surface area contributed by atoms with Crippen LogP contribution in [0.1, 0.15) is 0 Å². The van der Waals surface area contributed by atoms with Gasteiger partial charge >= 0.3 is 21.7 Å². The average molecular weight is 260 g/mol. The fourth-order valence-electron chi connectivity index (χ4n) is 0. The topological polar surface area (TPSA) is 57.0 Å². The van der Waals surface area contributed by atoms with Gasteiger partial charge in [-0.1, -0.05) is 0 Å². The monoisotopic (exact) mass is 259 g/mol. The second-order valence-corrected chi connectivity index (χ2v) is 0. The maximum absolute atomic E-state index is 0. The molecule has 0 saturated carbocycles. The first kappa shape index (κ1) is 64.8. The Hall–Kier alpha value is 1.95. The smallest absolute Gasteiger partial charge is 2.00 e. The van der Waals surface area contributed by atoms with Crippen molar-refractivity contribution in [3.05, 3.63) is 0 Å². The van der Waals surface area contributed by atoms with Crippen molar-refractivity contribution < 1.29 is 49.2 Å². The summed E-state index contributed by atoms with van der Waals surface area (Å²) in [5, 5.41) is 0. The molecule has 0 spiro atoms. The first-order valence-corrected chi connectivity index (χ1v) is 0. The van der Waals surface area contributed by atoms with Crippen LogP contribution in [0.4, 0.5) is 0 Å². The third-order valence-electron chi connectivity index (χ3n) is 0.